The van der Waals surface area contributed by atoms with E-state index in [4.69, 9.17) is 16.6 Å². The Kier molecular flexibility index (Phi) is 11.1. The Balaban J connectivity index is 2.80. The number of aliphatic carboxylic acids is 2. The first-order valence-electron chi connectivity index (χ1n) is 9.79. The van der Waals surface area contributed by atoms with Gasteiger partial charge in [-0.15, -0.1) is 0 Å². The minimum atomic E-state index is -1.24. The van der Waals surface area contributed by atoms with Crippen LogP contribution in [0.2, 0.25) is 0 Å². The molecule has 1 aromatic carbocycles. The van der Waals surface area contributed by atoms with Crippen LogP contribution in [0.3, 0.4) is 0 Å². The molecule has 0 heterocycles. The van der Waals surface area contributed by atoms with Gasteiger partial charge in [0.05, 0.1) is 6.04 Å². The quantitative estimate of drug-likeness (QED) is 0.219. The Labute approximate surface area is 175 Å². The van der Waals surface area contributed by atoms with E-state index in [1.807, 2.05) is 0 Å². The fourth-order valence-electron chi connectivity index (χ4n) is 2.78. The maximum atomic E-state index is 12.6. The van der Waals surface area contributed by atoms with Crippen LogP contribution in [0, 0.1) is 0 Å². The molecule has 0 radical (unpaired) electrons. The molecule has 8 N–H and O–H groups in total. The third kappa shape index (κ3) is 9.48. The molecule has 0 fully saturated rings. The number of carbonyl (C=O) groups excluding carboxylic acids is 2. The highest BCUT2D eigenvalue weighted by molar-refractivity contribution is 5.92. The van der Waals surface area contributed by atoms with Crippen LogP contribution in [-0.4, -0.2) is 58.6 Å². The van der Waals surface area contributed by atoms with Gasteiger partial charge in [0.15, 0.2) is 0 Å². The first kappa shape index (κ1) is 25.1. The van der Waals surface area contributed by atoms with Gasteiger partial charge in [0.25, 0.3) is 0 Å². The largest absolute Gasteiger partial charge is 0.481 e. The van der Waals surface area contributed by atoms with E-state index in [-0.39, 0.29) is 19.3 Å². The molecule has 30 heavy (non-hydrogen) atoms. The normalized spacial score (nSPS) is 13.7. The fourth-order valence-corrected chi connectivity index (χ4v) is 2.78. The third-order valence-electron chi connectivity index (χ3n) is 4.48. The highest BCUT2D eigenvalue weighted by atomic mass is 16.4. The number of rotatable bonds is 14. The molecule has 0 aliphatic rings. The first-order chi connectivity index (χ1) is 14.2. The van der Waals surface area contributed by atoms with Crippen LogP contribution >= 0.6 is 0 Å². The predicted molar refractivity (Wildman–Crippen MR) is 109 cm³/mol. The van der Waals surface area contributed by atoms with Crippen LogP contribution in [0.15, 0.2) is 30.3 Å². The molecule has 0 aromatic heterocycles. The summed E-state index contributed by atoms with van der Waals surface area (Å²) >= 11 is 0. The van der Waals surface area contributed by atoms with E-state index >= 15 is 0 Å². The Morgan fingerprint density at radius 1 is 0.900 bits per heavy atom. The molecule has 0 spiro atoms. The summed E-state index contributed by atoms with van der Waals surface area (Å²) in [5, 5.41) is 23.2. The van der Waals surface area contributed by atoms with Gasteiger partial charge in [-0.25, -0.2) is 4.79 Å². The summed E-state index contributed by atoms with van der Waals surface area (Å²) in [4.78, 5) is 47.4. The molecule has 1 aromatic rings. The number of carboxylic acids is 2. The van der Waals surface area contributed by atoms with Crippen molar-refractivity contribution >= 4 is 23.8 Å². The molecule has 0 aliphatic heterocycles. The average Bonchev–Trinajstić information content (AvgIpc) is 2.70. The first-order valence-corrected chi connectivity index (χ1v) is 9.79. The molecule has 10 heteroatoms. The van der Waals surface area contributed by atoms with Crippen molar-refractivity contribution in [3.05, 3.63) is 35.9 Å². The van der Waals surface area contributed by atoms with E-state index in [0.29, 0.717) is 31.4 Å². The zero-order chi connectivity index (χ0) is 22.5. The summed E-state index contributed by atoms with van der Waals surface area (Å²) in [6, 6.07) is 5.41. The standard InChI is InChI=1S/C20H30N4O6/c21-11-5-4-8-14(22)18(27)23-15(9-10-17(25)26)19(28)24-16(20(29)30)12-13-6-2-1-3-7-13/h1-3,6-7,14-16H,4-5,8-12,21-22H2,(H,23,27)(H,24,28)(H,25,26)(H,29,30)/t14-,15-,16-/m0/s1. The van der Waals surface area contributed by atoms with Crippen LogP contribution in [0.4, 0.5) is 0 Å². The van der Waals surface area contributed by atoms with Gasteiger partial charge in [-0.05, 0) is 31.4 Å². The van der Waals surface area contributed by atoms with Gasteiger partial charge >= 0.3 is 11.9 Å². The molecule has 10 nitrogen and oxygen atoms in total. The second kappa shape index (κ2) is 13.3. The maximum Gasteiger partial charge on any atom is 0.326 e. The molecular weight excluding hydrogens is 392 g/mol. The van der Waals surface area contributed by atoms with Gasteiger partial charge in [0.2, 0.25) is 11.8 Å². The van der Waals surface area contributed by atoms with Crippen LogP contribution in [0.5, 0.6) is 0 Å². The lowest BCUT2D eigenvalue weighted by molar-refractivity contribution is -0.143. The van der Waals surface area contributed by atoms with Gasteiger partial charge in [-0.2, -0.15) is 0 Å². The number of carboxylic acid groups (broad SMARTS) is 2. The third-order valence-corrected chi connectivity index (χ3v) is 4.48. The zero-order valence-corrected chi connectivity index (χ0v) is 16.8. The van der Waals surface area contributed by atoms with Gasteiger partial charge in [-0.1, -0.05) is 36.8 Å². The fraction of sp³-hybridized carbons (Fsp3) is 0.500. The van der Waals surface area contributed by atoms with Crippen molar-refractivity contribution in [2.45, 2.75) is 56.7 Å². The second-order valence-electron chi connectivity index (χ2n) is 6.97. The van der Waals surface area contributed by atoms with E-state index < -0.39 is 41.9 Å². The molecule has 2 amide bonds. The summed E-state index contributed by atoms with van der Waals surface area (Å²) < 4.78 is 0. The number of carbonyl (C=O) groups is 4. The van der Waals surface area contributed by atoms with Crippen molar-refractivity contribution in [1.29, 1.82) is 0 Å². The van der Waals surface area contributed by atoms with Crippen LogP contribution in [-0.2, 0) is 25.6 Å². The summed E-state index contributed by atoms with van der Waals surface area (Å²) in [6.45, 7) is 0.468. The lowest BCUT2D eigenvalue weighted by Crippen LogP contribution is -2.55. The highest BCUT2D eigenvalue weighted by Crippen LogP contribution is 2.06. The number of nitrogens with two attached hydrogens (primary N) is 2. The number of amides is 2. The van der Waals surface area contributed by atoms with Crippen molar-refractivity contribution in [2.75, 3.05) is 6.54 Å². The van der Waals surface area contributed by atoms with Crippen molar-refractivity contribution in [1.82, 2.24) is 10.6 Å². The van der Waals surface area contributed by atoms with Gasteiger partial charge in [-0.3, -0.25) is 14.4 Å². The van der Waals surface area contributed by atoms with Crippen LogP contribution in [0.1, 0.15) is 37.7 Å². The number of benzene rings is 1. The number of nitrogens with one attached hydrogen (secondary N) is 2. The molecule has 0 saturated carbocycles. The Morgan fingerprint density at radius 3 is 2.10 bits per heavy atom. The highest BCUT2D eigenvalue weighted by Gasteiger charge is 2.28. The maximum absolute atomic E-state index is 12.6. The summed E-state index contributed by atoms with van der Waals surface area (Å²) in [7, 11) is 0. The van der Waals surface area contributed by atoms with E-state index in [0.717, 1.165) is 0 Å². The molecule has 0 unspecified atom stereocenters. The number of unbranched alkanes of at least 4 members (excludes halogenated alkanes) is 1. The van der Waals surface area contributed by atoms with Gasteiger partial charge in [0.1, 0.15) is 12.1 Å². The zero-order valence-electron chi connectivity index (χ0n) is 16.8. The lowest BCUT2D eigenvalue weighted by atomic mass is 10.0. The molecule has 3 atom stereocenters. The Hall–Kier alpha value is -2.98. The van der Waals surface area contributed by atoms with E-state index in [9.17, 15) is 24.3 Å². The SMILES string of the molecule is NCCCC[C@H](N)C(=O)N[C@@H](CCC(=O)O)C(=O)N[C@@H](Cc1ccccc1)C(=O)O. The molecule has 0 bridgehead atoms. The van der Waals surface area contributed by atoms with Gasteiger partial charge < -0.3 is 32.3 Å². The molecule has 0 saturated heterocycles. The van der Waals surface area contributed by atoms with Gasteiger partial charge in [0, 0.05) is 12.8 Å². The molecule has 0 aliphatic carbocycles. The van der Waals surface area contributed by atoms with Crippen molar-refractivity contribution in [3.8, 4) is 0 Å². The number of hydrogen-bond donors (Lipinski definition) is 6. The molecular formula is C20H30N4O6. The lowest BCUT2D eigenvalue weighted by Gasteiger charge is -2.22. The van der Waals surface area contributed by atoms with Crippen molar-refractivity contribution in [3.63, 3.8) is 0 Å². The molecule has 1 rings (SSSR count). The predicted octanol–water partition coefficient (Wildman–Crippen LogP) is -0.396. The smallest absolute Gasteiger partial charge is 0.326 e. The minimum Gasteiger partial charge on any atom is -0.481 e. The Bertz CT molecular complexity index is 713. The molecule has 166 valence electrons. The van der Waals surface area contributed by atoms with Crippen molar-refractivity contribution in [2.24, 2.45) is 11.5 Å². The minimum absolute atomic E-state index is 0.0418. The topological polar surface area (TPSA) is 185 Å². The van der Waals surface area contributed by atoms with E-state index in [1.54, 1.807) is 30.3 Å². The van der Waals surface area contributed by atoms with Crippen LogP contribution in [0.25, 0.3) is 0 Å². The average molecular weight is 422 g/mol. The van der Waals surface area contributed by atoms with Crippen molar-refractivity contribution < 1.29 is 29.4 Å². The van der Waals surface area contributed by atoms with Crippen LogP contribution < -0.4 is 22.1 Å². The monoisotopic (exact) mass is 422 g/mol. The summed E-state index contributed by atoms with van der Waals surface area (Å²) in [5.41, 5.74) is 11.9. The second-order valence-corrected chi connectivity index (χ2v) is 6.97. The Morgan fingerprint density at radius 2 is 1.53 bits per heavy atom. The van der Waals surface area contributed by atoms with E-state index in [1.165, 1.54) is 0 Å². The van der Waals surface area contributed by atoms with E-state index in [2.05, 4.69) is 10.6 Å². The number of hydrogen-bond acceptors (Lipinski definition) is 6. The summed E-state index contributed by atoms with van der Waals surface area (Å²) in [6.07, 6.45) is 1.17. The summed E-state index contributed by atoms with van der Waals surface area (Å²) in [5.74, 6) is -3.77.